The number of hydrogen-bond acceptors (Lipinski definition) is 3. The van der Waals surface area contributed by atoms with Gasteiger partial charge in [-0.25, -0.2) is 0 Å². The van der Waals surface area contributed by atoms with E-state index in [1.165, 1.54) is 32.1 Å². The molecule has 2 rings (SSSR count). The van der Waals surface area contributed by atoms with Gasteiger partial charge in [-0.1, -0.05) is 0 Å². The van der Waals surface area contributed by atoms with Crippen molar-refractivity contribution in [1.82, 2.24) is 10.2 Å². The summed E-state index contributed by atoms with van der Waals surface area (Å²) in [4.78, 5) is 2.40. The molecule has 94 valence electrons. The number of methoxy groups -OCH3 is 1. The van der Waals surface area contributed by atoms with E-state index in [0.717, 1.165) is 19.1 Å². The molecule has 1 N–H and O–H groups in total. The highest BCUT2D eigenvalue weighted by Gasteiger charge is 2.40. The number of likely N-dealkylation sites (N-methyl/N-ethyl adjacent to an activating group) is 1. The molecule has 0 aromatic rings. The van der Waals surface area contributed by atoms with Crippen LogP contribution < -0.4 is 5.32 Å². The summed E-state index contributed by atoms with van der Waals surface area (Å²) in [6.07, 6.45) is 6.85. The highest BCUT2D eigenvalue weighted by Crippen LogP contribution is 2.37. The molecule has 0 spiro atoms. The molecule has 2 aliphatic carbocycles. The first-order valence-electron chi connectivity index (χ1n) is 6.58. The number of hydrogen-bond donors (Lipinski definition) is 1. The molecular weight excluding hydrogens is 200 g/mol. The number of nitrogens with zero attached hydrogens (tertiary/aromatic N) is 1. The van der Waals surface area contributed by atoms with Crippen LogP contribution in [0.3, 0.4) is 0 Å². The van der Waals surface area contributed by atoms with Gasteiger partial charge in [-0.05, 0) is 52.1 Å². The molecule has 2 aliphatic rings. The molecule has 0 amide bonds. The lowest BCUT2D eigenvalue weighted by Crippen LogP contribution is -2.58. The number of nitrogens with one attached hydrogen (secondary N) is 1. The Bertz CT molecular complexity index is 222. The van der Waals surface area contributed by atoms with Crippen molar-refractivity contribution >= 4 is 0 Å². The second-order valence-electron chi connectivity index (χ2n) is 5.75. The maximum atomic E-state index is 5.31. The Morgan fingerprint density at radius 2 is 2.06 bits per heavy atom. The van der Waals surface area contributed by atoms with Crippen molar-refractivity contribution in [3.05, 3.63) is 0 Å². The molecule has 0 aliphatic heterocycles. The molecular formula is C13H26N2O. The summed E-state index contributed by atoms with van der Waals surface area (Å²) in [6, 6.07) is 0.586. The van der Waals surface area contributed by atoms with Crippen LogP contribution in [-0.4, -0.2) is 50.8 Å². The van der Waals surface area contributed by atoms with E-state index in [2.05, 4.69) is 24.3 Å². The molecule has 3 heteroatoms. The summed E-state index contributed by atoms with van der Waals surface area (Å²) in [6.45, 7) is 2.00. The third-order valence-electron chi connectivity index (χ3n) is 4.46. The molecule has 0 bridgehead atoms. The van der Waals surface area contributed by atoms with Gasteiger partial charge in [0.2, 0.25) is 0 Å². The summed E-state index contributed by atoms with van der Waals surface area (Å²) in [5.74, 6) is 0.874. The molecule has 3 nitrogen and oxygen atoms in total. The van der Waals surface area contributed by atoms with Crippen LogP contribution in [0.5, 0.6) is 0 Å². The Hall–Kier alpha value is -0.120. The van der Waals surface area contributed by atoms with E-state index in [1.807, 2.05) is 7.11 Å². The van der Waals surface area contributed by atoms with E-state index in [-0.39, 0.29) is 0 Å². The van der Waals surface area contributed by atoms with Crippen LogP contribution in [-0.2, 0) is 4.74 Å². The van der Waals surface area contributed by atoms with E-state index < -0.39 is 0 Å². The first-order chi connectivity index (χ1) is 7.68. The van der Waals surface area contributed by atoms with Gasteiger partial charge in [0.15, 0.2) is 0 Å². The van der Waals surface area contributed by atoms with Crippen molar-refractivity contribution in [1.29, 1.82) is 0 Å². The highest BCUT2D eigenvalue weighted by molar-refractivity contribution is 4.99. The summed E-state index contributed by atoms with van der Waals surface area (Å²) in [5, 5.41) is 3.74. The van der Waals surface area contributed by atoms with Gasteiger partial charge < -0.3 is 15.0 Å². The van der Waals surface area contributed by atoms with Crippen LogP contribution >= 0.6 is 0 Å². The van der Waals surface area contributed by atoms with Crippen molar-refractivity contribution in [2.24, 2.45) is 5.92 Å². The van der Waals surface area contributed by atoms with Gasteiger partial charge in [-0.15, -0.1) is 0 Å². The van der Waals surface area contributed by atoms with Crippen LogP contribution in [0.15, 0.2) is 0 Å². The van der Waals surface area contributed by atoms with Crippen LogP contribution in [0.25, 0.3) is 0 Å². The SMILES string of the molecule is COCC(NCC1(N(C)C)CCC1)C1CC1. The van der Waals surface area contributed by atoms with Gasteiger partial charge in [-0.2, -0.15) is 0 Å². The predicted molar refractivity (Wildman–Crippen MR) is 66.7 cm³/mol. The van der Waals surface area contributed by atoms with Gasteiger partial charge >= 0.3 is 0 Å². The molecule has 1 atom stereocenters. The molecule has 0 aromatic heterocycles. The first kappa shape index (κ1) is 12.3. The van der Waals surface area contributed by atoms with Crippen molar-refractivity contribution in [2.75, 3.05) is 34.4 Å². The molecule has 2 saturated carbocycles. The minimum absolute atomic E-state index is 0.431. The summed E-state index contributed by atoms with van der Waals surface area (Å²) in [7, 11) is 6.23. The van der Waals surface area contributed by atoms with Crippen LogP contribution in [0.2, 0.25) is 0 Å². The second-order valence-corrected chi connectivity index (χ2v) is 5.75. The fourth-order valence-corrected chi connectivity index (χ4v) is 2.73. The van der Waals surface area contributed by atoms with Crippen LogP contribution in [0, 0.1) is 5.92 Å². The van der Waals surface area contributed by atoms with E-state index in [0.29, 0.717) is 11.6 Å². The Balaban J connectivity index is 1.79. The molecule has 0 saturated heterocycles. The minimum atomic E-state index is 0.431. The van der Waals surface area contributed by atoms with Crippen molar-refractivity contribution in [3.63, 3.8) is 0 Å². The monoisotopic (exact) mass is 226 g/mol. The Morgan fingerprint density at radius 1 is 1.38 bits per heavy atom. The lowest BCUT2D eigenvalue weighted by molar-refractivity contribution is 0.0506. The maximum absolute atomic E-state index is 5.31. The Morgan fingerprint density at radius 3 is 2.44 bits per heavy atom. The normalized spacial score (nSPS) is 25.5. The summed E-state index contributed by atoms with van der Waals surface area (Å²) in [5.41, 5.74) is 0.431. The van der Waals surface area contributed by atoms with E-state index in [9.17, 15) is 0 Å². The topological polar surface area (TPSA) is 24.5 Å². The molecule has 0 radical (unpaired) electrons. The second kappa shape index (κ2) is 5.03. The van der Waals surface area contributed by atoms with Gasteiger partial charge in [0, 0.05) is 25.2 Å². The maximum Gasteiger partial charge on any atom is 0.0618 e. The van der Waals surface area contributed by atoms with Gasteiger partial charge in [-0.3, -0.25) is 0 Å². The Labute approximate surface area is 99.5 Å². The van der Waals surface area contributed by atoms with Gasteiger partial charge in [0.1, 0.15) is 0 Å². The highest BCUT2D eigenvalue weighted by atomic mass is 16.5. The molecule has 0 heterocycles. The van der Waals surface area contributed by atoms with Crippen molar-refractivity contribution < 1.29 is 4.74 Å². The lowest BCUT2D eigenvalue weighted by Gasteiger charge is -2.48. The molecule has 1 unspecified atom stereocenters. The van der Waals surface area contributed by atoms with Crippen molar-refractivity contribution in [3.8, 4) is 0 Å². The molecule has 2 fully saturated rings. The largest absolute Gasteiger partial charge is 0.383 e. The van der Waals surface area contributed by atoms with Crippen molar-refractivity contribution in [2.45, 2.75) is 43.7 Å². The number of rotatable bonds is 7. The number of ether oxygens (including phenoxy) is 1. The average Bonchev–Trinajstić information content (AvgIpc) is 2.97. The predicted octanol–water partition coefficient (Wildman–Crippen LogP) is 1.49. The fourth-order valence-electron chi connectivity index (χ4n) is 2.73. The Kier molecular flexibility index (Phi) is 3.88. The van der Waals surface area contributed by atoms with Gasteiger partial charge in [0.25, 0.3) is 0 Å². The van der Waals surface area contributed by atoms with E-state index in [1.54, 1.807) is 0 Å². The summed E-state index contributed by atoms with van der Waals surface area (Å²) < 4.78 is 5.31. The van der Waals surface area contributed by atoms with E-state index in [4.69, 9.17) is 4.74 Å². The minimum Gasteiger partial charge on any atom is -0.383 e. The van der Waals surface area contributed by atoms with Crippen LogP contribution in [0.1, 0.15) is 32.1 Å². The zero-order valence-corrected chi connectivity index (χ0v) is 11.0. The van der Waals surface area contributed by atoms with Gasteiger partial charge in [0.05, 0.1) is 6.61 Å². The van der Waals surface area contributed by atoms with E-state index >= 15 is 0 Å². The third kappa shape index (κ3) is 2.58. The first-order valence-corrected chi connectivity index (χ1v) is 6.58. The lowest BCUT2D eigenvalue weighted by atomic mass is 9.75. The smallest absolute Gasteiger partial charge is 0.0618 e. The zero-order chi connectivity index (χ0) is 11.6. The average molecular weight is 226 g/mol. The third-order valence-corrected chi connectivity index (χ3v) is 4.46. The standard InChI is InChI=1S/C13H26N2O/c1-15(2)13(7-4-8-13)10-14-12(9-16-3)11-5-6-11/h11-12,14H,4-10H2,1-3H3. The quantitative estimate of drug-likeness (QED) is 0.712. The van der Waals surface area contributed by atoms with Crippen LogP contribution in [0.4, 0.5) is 0 Å². The molecule has 0 aromatic carbocycles. The zero-order valence-electron chi connectivity index (χ0n) is 11.0. The molecule has 16 heavy (non-hydrogen) atoms. The fraction of sp³-hybridized carbons (Fsp3) is 1.00. The summed E-state index contributed by atoms with van der Waals surface area (Å²) >= 11 is 0.